The summed E-state index contributed by atoms with van der Waals surface area (Å²) in [5.41, 5.74) is 5.33. The minimum Gasteiger partial charge on any atom is -0.444 e. The van der Waals surface area contributed by atoms with Crippen LogP contribution < -0.4 is 11.1 Å². The number of nitrogens with one attached hydrogen (secondary N) is 1. The van der Waals surface area contributed by atoms with E-state index in [4.69, 9.17) is 10.5 Å². The number of nitrogens with zero attached hydrogens (tertiary/aromatic N) is 1. The molecule has 0 saturated heterocycles. The fourth-order valence-electron chi connectivity index (χ4n) is 1.76. The average Bonchev–Trinajstić information content (AvgIpc) is 2.29. The molecule has 0 aromatic carbocycles. The van der Waals surface area contributed by atoms with Gasteiger partial charge in [-0.3, -0.25) is 0 Å². The predicted molar refractivity (Wildman–Crippen MR) is 79.2 cm³/mol. The van der Waals surface area contributed by atoms with Crippen LogP contribution in [0.15, 0.2) is 0 Å². The highest BCUT2D eigenvalue weighted by Gasteiger charge is 2.17. The van der Waals surface area contributed by atoms with Crippen molar-refractivity contribution in [3.63, 3.8) is 0 Å². The normalized spacial score (nSPS) is 13.4. The molecule has 1 amide bonds. The highest BCUT2D eigenvalue weighted by molar-refractivity contribution is 5.67. The van der Waals surface area contributed by atoms with Crippen LogP contribution in [-0.2, 0) is 4.74 Å². The first-order valence-corrected chi connectivity index (χ1v) is 7.17. The zero-order valence-electron chi connectivity index (χ0n) is 13.2. The first-order chi connectivity index (χ1) is 8.80. The summed E-state index contributed by atoms with van der Waals surface area (Å²) in [5.74, 6) is 0. The molecule has 0 fully saturated rings. The van der Waals surface area contributed by atoms with Gasteiger partial charge in [0.15, 0.2) is 0 Å². The topological polar surface area (TPSA) is 67.6 Å². The van der Waals surface area contributed by atoms with Crippen LogP contribution >= 0.6 is 0 Å². The van der Waals surface area contributed by atoms with E-state index in [9.17, 15) is 4.79 Å². The first kappa shape index (κ1) is 18.2. The Bertz CT molecular complexity index is 252. The molecule has 5 nitrogen and oxygen atoms in total. The monoisotopic (exact) mass is 273 g/mol. The Morgan fingerprint density at radius 2 is 2.05 bits per heavy atom. The second kappa shape index (κ2) is 9.15. The Labute approximate surface area is 117 Å². The summed E-state index contributed by atoms with van der Waals surface area (Å²) in [6, 6.07) is 0.307. The Hall–Kier alpha value is -0.810. The van der Waals surface area contributed by atoms with Crippen molar-refractivity contribution in [2.24, 2.45) is 5.73 Å². The summed E-state index contributed by atoms with van der Waals surface area (Å²) in [5, 5.41) is 2.77. The summed E-state index contributed by atoms with van der Waals surface area (Å²) >= 11 is 0. The molecule has 114 valence electrons. The molecule has 3 N–H and O–H groups in total. The van der Waals surface area contributed by atoms with E-state index in [0.717, 1.165) is 13.0 Å². The summed E-state index contributed by atoms with van der Waals surface area (Å²) in [4.78, 5) is 13.8. The van der Waals surface area contributed by atoms with Crippen LogP contribution in [0.4, 0.5) is 4.79 Å². The molecule has 0 aromatic rings. The van der Waals surface area contributed by atoms with Crippen molar-refractivity contribution in [1.82, 2.24) is 10.2 Å². The van der Waals surface area contributed by atoms with Gasteiger partial charge in [-0.1, -0.05) is 13.3 Å². The van der Waals surface area contributed by atoms with Gasteiger partial charge in [-0.2, -0.15) is 0 Å². The molecular weight excluding hydrogens is 242 g/mol. The smallest absolute Gasteiger partial charge is 0.407 e. The molecule has 19 heavy (non-hydrogen) atoms. The van der Waals surface area contributed by atoms with E-state index in [2.05, 4.69) is 24.2 Å². The van der Waals surface area contributed by atoms with Gasteiger partial charge in [0.2, 0.25) is 0 Å². The van der Waals surface area contributed by atoms with E-state index in [1.807, 2.05) is 20.8 Å². The molecule has 0 aliphatic carbocycles. The zero-order valence-corrected chi connectivity index (χ0v) is 13.2. The van der Waals surface area contributed by atoms with E-state index in [1.165, 1.54) is 12.8 Å². The molecule has 1 atom stereocenters. The Morgan fingerprint density at radius 1 is 1.42 bits per heavy atom. The Kier molecular flexibility index (Phi) is 8.76. The summed E-state index contributed by atoms with van der Waals surface area (Å²) in [6.45, 7) is 9.99. The lowest BCUT2D eigenvalue weighted by atomic mass is 10.1. The van der Waals surface area contributed by atoms with Gasteiger partial charge in [0.25, 0.3) is 0 Å². The molecule has 0 aromatic heterocycles. The van der Waals surface area contributed by atoms with Crippen molar-refractivity contribution in [2.75, 3.05) is 26.7 Å². The fourth-order valence-corrected chi connectivity index (χ4v) is 1.76. The Morgan fingerprint density at radius 3 is 2.53 bits per heavy atom. The highest BCUT2D eigenvalue weighted by atomic mass is 16.6. The van der Waals surface area contributed by atoms with Crippen LogP contribution in [0.2, 0.25) is 0 Å². The van der Waals surface area contributed by atoms with Gasteiger partial charge >= 0.3 is 6.09 Å². The van der Waals surface area contributed by atoms with Crippen molar-refractivity contribution in [1.29, 1.82) is 0 Å². The Balaban J connectivity index is 3.92. The van der Waals surface area contributed by atoms with Crippen LogP contribution in [0, 0.1) is 0 Å². The third kappa shape index (κ3) is 9.73. The van der Waals surface area contributed by atoms with Crippen LogP contribution in [0.1, 0.15) is 47.0 Å². The maximum atomic E-state index is 11.5. The number of unbranched alkanes of at least 4 members (excludes halogenated alkanes) is 1. The van der Waals surface area contributed by atoms with Crippen molar-refractivity contribution in [3.8, 4) is 0 Å². The molecule has 0 spiro atoms. The number of likely N-dealkylation sites (N-methyl/N-ethyl adjacent to an activating group) is 1. The van der Waals surface area contributed by atoms with Gasteiger partial charge in [0.1, 0.15) is 5.60 Å². The van der Waals surface area contributed by atoms with E-state index in [0.29, 0.717) is 19.1 Å². The number of amides is 1. The second-order valence-corrected chi connectivity index (χ2v) is 5.94. The van der Waals surface area contributed by atoms with E-state index < -0.39 is 5.60 Å². The number of carbonyl (C=O) groups excluding carboxylic acids is 1. The molecule has 0 heterocycles. The third-order valence-electron chi connectivity index (χ3n) is 2.91. The molecule has 0 saturated carbocycles. The molecule has 0 rings (SSSR count). The van der Waals surface area contributed by atoms with Crippen LogP contribution in [0.5, 0.6) is 0 Å². The zero-order chi connectivity index (χ0) is 14.9. The standard InChI is InChI=1S/C14H31N3O2/c1-6-7-10-17(5)12(11-15)8-9-16-13(18)19-14(2,3)4/h12H,6-11,15H2,1-5H3,(H,16,18). The maximum Gasteiger partial charge on any atom is 0.407 e. The third-order valence-corrected chi connectivity index (χ3v) is 2.91. The first-order valence-electron chi connectivity index (χ1n) is 7.17. The summed E-state index contributed by atoms with van der Waals surface area (Å²) < 4.78 is 5.18. The second-order valence-electron chi connectivity index (χ2n) is 5.94. The number of hydrogen-bond acceptors (Lipinski definition) is 4. The number of ether oxygens (including phenoxy) is 1. The van der Waals surface area contributed by atoms with Gasteiger partial charge in [-0.05, 0) is 47.2 Å². The minimum atomic E-state index is -0.449. The highest BCUT2D eigenvalue weighted by Crippen LogP contribution is 2.07. The average molecular weight is 273 g/mol. The lowest BCUT2D eigenvalue weighted by Crippen LogP contribution is -2.41. The maximum absolute atomic E-state index is 11.5. The van der Waals surface area contributed by atoms with Crippen molar-refractivity contribution in [3.05, 3.63) is 0 Å². The lowest BCUT2D eigenvalue weighted by Gasteiger charge is -2.27. The van der Waals surface area contributed by atoms with Gasteiger partial charge in [-0.15, -0.1) is 0 Å². The van der Waals surface area contributed by atoms with Gasteiger partial charge in [0, 0.05) is 19.1 Å². The van der Waals surface area contributed by atoms with Crippen LogP contribution in [0.25, 0.3) is 0 Å². The molecule has 1 unspecified atom stereocenters. The molecule has 0 radical (unpaired) electrons. The van der Waals surface area contributed by atoms with Gasteiger partial charge in [-0.25, -0.2) is 4.79 Å². The van der Waals surface area contributed by atoms with Crippen LogP contribution in [0.3, 0.4) is 0 Å². The molecule has 5 heteroatoms. The van der Waals surface area contributed by atoms with E-state index in [1.54, 1.807) is 0 Å². The van der Waals surface area contributed by atoms with Gasteiger partial charge < -0.3 is 20.7 Å². The number of rotatable bonds is 8. The van der Waals surface area contributed by atoms with Gasteiger partial charge in [0.05, 0.1) is 0 Å². The fraction of sp³-hybridized carbons (Fsp3) is 0.929. The number of hydrogen-bond donors (Lipinski definition) is 2. The van der Waals surface area contributed by atoms with E-state index >= 15 is 0 Å². The van der Waals surface area contributed by atoms with Crippen molar-refractivity contribution >= 4 is 6.09 Å². The molecule has 0 aliphatic heterocycles. The summed E-state index contributed by atoms with van der Waals surface area (Å²) in [6.07, 6.45) is 2.83. The van der Waals surface area contributed by atoms with Crippen LogP contribution in [-0.4, -0.2) is 49.3 Å². The SMILES string of the molecule is CCCCN(C)C(CN)CCNC(=O)OC(C)(C)C. The summed E-state index contributed by atoms with van der Waals surface area (Å²) in [7, 11) is 2.08. The predicted octanol–water partition coefficient (Wildman–Crippen LogP) is 1.96. The van der Waals surface area contributed by atoms with Crippen molar-refractivity contribution < 1.29 is 9.53 Å². The lowest BCUT2D eigenvalue weighted by molar-refractivity contribution is 0.0523. The number of carbonyl (C=O) groups is 1. The quantitative estimate of drug-likeness (QED) is 0.709. The van der Waals surface area contributed by atoms with E-state index in [-0.39, 0.29) is 6.09 Å². The number of alkyl carbamates (subject to hydrolysis) is 1. The molecular formula is C14H31N3O2. The number of nitrogens with two attached hydrogens (primary N) is 1. The minimum absolute atomic E-state index is 0.307. The molecule has 0 bridgehead atoms. The molecule has 0 aliphatic rings. The van der Waals surface area contributed by atoms with Crippen molar-refractivity contribution in [2.45, 2.75) is 58.6 Å². The largest absolute Gasteiger partial charge is 0.444 e.